The second kappa shape index (κ2) is 7.35. The topological polar surface area (TPSA) is 97.1 Å². The molecule has 0 N–H and O–H groups in total. The molecule has 1 aromatic carbocycles. The average Bonchev–Trinajstić information content (AvgIpc) is 2.91. The van der Waals surface area contributed by atoms with Gasteiger partial charge in [0.15, 0.2) is 0 Å². The summed E-state index contributed by atoms with van der Waals surface area (Å²) in [6, 6.07) is 5.31. The van der Waals surface area contributed by atoms with E-state index in [4.69, 9.17) is 9.15 Å². The number of methoxy groups -OCH3 is 1. The van der Waals surface area contributed by atoms with Crippen molar-refractivity contribution in [2.75, 3.05) is 7.11 Å². The molecule has 1 aliphatic heterocycles. The number of ether oxygens (including phenoxy) is 1. The summed E-state index contributed by atoms with van der Waals surface area (Å²) >= 11 is 0. The third kappa shape index (κ3) is 3.28. The molecule has 4 amide bonds. The molecule has 152 valence electrons. The molecule has 2 heterocycles. The zero-order valence-electron chi connectivity index (χ0n) is 16.3. The van der Waals surface area contributed by atoms with E-state index in [-0.39, 0.29) is 24.1 Å². The van der Waals surface area contributed by atoms with Crippen LogP contribution in [0.4, 0.5) is 4.79 Å². The van der Waals surface area contributed by atoms with Crippen LogP contribution in [0, 0.1) is 5.92 Å². The molecule has 1 aromatic heterocycles. The highest BCUT2D eigenvalue weighted by molar-refractivity contribution is 6.44. The Bertz CT molecular complexity index is 1060. The maximum atomic E-state index is 13.0. The molecular formula is C21H22N2O6. The minimum absolute atomic E-state index is 0.154. The number of nitrogens with zero attached hydrogens (tertiary/aromatic N) is 2. The molecule has 0 unspecified atom stereocenters. The Morgan fingerprint density at radius 3 is 2.55 bits per heavy atom. The number of amides is 4. The lowest BCUT2D eigenvalue weighted by Gasteiger charge is -2.34. The van der Waals surface area contributed by atoms with Gasteiger partial charge in [-0.15, -0.1) is 0 Å². The minimum atomic E-state index is -0.859. The molecule has 0 bridgehead atoms. The van der Waals surface area contributed by atoms with Gasteiger partial charge in [-0.25, -0.2) is 9.59 Å². The summed E-state index contributed by atoms with van der Waals surface area (Å²) in [5, 5.41) is 0.572. The van der Waals surface area contributed by atoms with Crippen molar-refractivity contribution in [1.29, 1.82) is 0 Å². The van der Waals surface area contributed by atoms with Crippen LogP contribution in [0.2, 0.25) is 0 Å². The molecule has 1 saturated heterocycles. The summed E-state index contributed by atoms with van der Waals surface area (Å²) in [6.07, 6.45) is 3.60. The smallest absolute Gasteiger partial charge is 0.336 e. The lowest BCUT2D eigenvalue weighted by molar-refractivity contribution is -0.144. The van der Waals surface area contributed by atoms with Crippen LogP contribution in [0.5, 0.6) is 5.75 Å². The zero-order valence-corrected chi connectivity index (χ0v) is 16.3. The summed E-state index contributed by atoms with van der Waals surface area (Å²) < 4.78 is 10.4. The molecule has 0 spiro atoms. The second-order valence-electron chi connectivity index (χ2n) is 7.63. The number of hydrogen-bond donors (Lipinski definition) is 0. The van der Waals surface area contributed by atoms with E-state index in [2.05, 4.69) is 0 Å². The summed E-state index contributed by atoms with van der Waals surface area (Å²) in [6.45, 7) is 1.83. The van der Waals surface area contributed by atoms with Crippen LogP contribution in [0.3, 0.4) is 0 Å². The van der Waals surface area contributed by atoms with Crippen LogP contribution >= 0.6 is 0 Å². The molecule has 0 radical (unpaired) electrons. The van der Waals surface area contributed by atoms with Gasteiger partial charge in [-0.3, -0.25) is 19.4 Å². The van der Waals surface area contributed by atoms with Crippen LogP contribution in [0.25, 0.3) is 11.0 Å². The molecule has 2 atom stereocenters. The highest BCUT2D eigenvalue weighted by Crippen LogP contribution is 2.32. The van der Waals surface area contributed by atoms with Crippen molar-refractivity contribution < 1.29 is 23.5 Å². The molecule has 1 aliphatic carbocycles. The Hall–Kier alpha value is -3.16. The van der Waals surface area contributed by atoms with Crippen LogP contribution < -0.4 is 10.4 Å². The van der Waals surface area contributed by atoms with Gasteiger partial charge in [-0.1, -0.05) is 19.8 Å². The number of hydrogen-bond acceptors (Lipinski definition) is 6. The van der Waals surface area contributed by atoms with Crippen molar-refractivity contribution in [1.82, 2.24) is 9.80 Å². The molecule has 1 saturated carbocycles. The van der Waals surface area contributed by atoms with E-state index >= 15 is 0 Å². The van der Waals surface area contributed by atoms with Gasteiger partial charge in [0, 0.05) is 23.6 Å². The zero-order chi connectivity index (χ0) is 20.7. The average molecular weight is 398 g/mol. The Morgan fingerprint density at radius 2 is 1.83 bits per heavy atom. The first kappa shape index (κ1) is 19.2. The van der Waals surface area contributed by atoms with E-state index in [0.717, 1.165) is 29.1 Å². The predicted octanol–water partition coefficient (Wildman–Crippen LogP) is 2.67. The molecule has 2 aliphatic rings. The number of rotatable bonds is 4. The fraction of sp³-hybridized carbons (Fsp3) is 0.429. The highest BCUT2D eigenvalue weighted by Gasteiger charge is 2.49. The molecular weight excluding hydrogens is 376 g/mol. The van der Waals surface area contributed by atoms with Crippen molar-refractivity contribution in [3.05, 3.63) is 40.2 Å². The third-order valence-corrected chi connectivity index (χ3v) is 5.85. The first-order valence-electron chi connectivity index (χ1n) is 9.70. The maximum Gasteiger partial charge on any atom is 0.336 e. The lowest BCUT2D eigenvalue weighted by Crippen LogP contribution is -2.46. The third-order valence-electron chi connectivity index (χ3n) is 5.85. The summed E-state index contributed by atoms with van der Waals surface area (Å²) in [4.78, 5) is 52.2. The largest absolute Gasteiger partial charge is 0.497 e. The standard InChI is InChI=1S/C21H22N2O6/c1-12-5-3-4-6-16(12)23-20(26)19(25)22(21(23)27)11-13-9-18(24)29-17-10-14(28-2)7-8-15(13)17/h7-10,12,16H,3-6,11H2,1-2H3/t12-,16-/m1/s1. The second-order valence-corrected chi connectivity index (χ2v) is 7.63. The van der Waals surface area contributed by atoms with Crippen LogP contribution in [0.15, 0.2) is 33.5 Å². The fourth-order valence-electron chi connectivity index (χ4n) is 4.27. The van der Waals surface area contributed by atoms with E-state index < -0.39 is 23.5 Å². The number of benzene rings is 1. The Morgan fingerprint density at radius 1 is 1.07 bits per heavy atom. The van der Waals surface area contributed by atoms with Gasteiger partial charge in [0.05, 0.1) is 13.7 Å². The number of carbonyl (C=O) groups excluding carboxylic acids is 3. The van der Waals surface area contributed by atoms with Gasteiger partial charge >= 0.3 is 23.5 Å². The monoisotopic (exact) mass is 398 g/mol. The SMILES string of the molecule is COc1ccc2c(CN3C(=O)C(=O)N([C@@H]4CCCC[C@H]4C)C3=O)cc(=O)oc2c1. The van der Waals surface area contributed by atoms with Gasteiger partial charge < -0.3 is 9.15 Å². The van der Waals surface area contributed by atoms with E-state index in [1.54, 1.807) is 18.2 Å². The summed E-state index contributed by atoms with van der Waals surface area (Å²) in [5.74, 6) is -0.981. The Kier molecular flexibility index (Phi) is 4.86. The van der Waals surface area contributed by atoms with E-state index in [9.17, 15) is 19.2 Å². The number of carbonyl (C=O) groups is 3. The highest BCUT2D eigenvalue weighted by atomic mass is 16.5. The van der Waals surface area contributed by atoms with Crippen LogP contribution in [-0.2, 0) is 16.1 Å². The quantitative estimate of drug-likeness (QED) is 0.446. The van der Waals surface area contributed by atoms with Crippen molar-refractivity contribution in [3.8, 4) is 5.75 Å². The van der Waals surface area contributed by atoms with Gasteiger partial charge in [0.1, 0.15) is 11.3 Å². The van der Waals surface area contributed by atoms with Crippen LogP contribution in [0.1, 0.15) is 38.2 Å². The van der Waals surface area contributed by atoms with Crippen LogP contribution in [-0.4, -0.2) is 40.8 Å². The Balaban J connectivity index is 1.67. The molecule has 29 heavy (non-hydrogen) atoms. The normalized spacial score (nSPS) is 22.6. The first-order chi connectivity index (χ1) is 13.9. The lowest BCUT2D eigenvalue weighted by atomic mass is 9.85. The minimum Gasteiger partial charge on any atom is -0.497 e. The molecule has 8 heteroatoms. The van der Waals surface area contributed by atoms with Crippen molar-refractivity contribution in [2.24, 2.45) is 5.92 Å². The van der Waals surface area contributed by atoms with Crippen molar-refractivity contribution in [3.63, 3.8) is 0 Å². The Labute approximate surface area is 167 Å². The molecule has 8 nitrogen and oxygen atoms in total. The van der Waals surface area contributed by atoms with Gasteiger partial charge in [0.2, 0.25) is 0 Å². The van der Waals surface area contributed by atoms with E-state index in [0.29, 0.717) is 23.1 Å². The van der Waals surface area contributed by atoms with Crippen molar-refractivity contribution >= 4 is 28.8 Å². The van der Waals surface area contributed by atoms with E-state index in [1.165, 1.54) is 13.2 Å². The number of imide groups is 2. The molecule has 2 aromatic rings. The summed E-state index contributed by atoms with van der Waals surface area (Å²) in [5.41, 5.74) is 0.117. The molecule has 4 rings (SSSR count). The number of urea groups is 1. The predicted molar refractivity (Wildman–Crippen MR) is 103 cm³/mol. The van der Waals surface area contributed by atoms with Gasteiger partial charge in [-0.05, 0) is 36.5 Å². The van der Waals surface area contributed by atoms with E-state index in [1.807, 2.05) is 6.92 Å². The first-order valence-corrected chi connectivity index (χ1v) is 9.70. The summed E-state index contributed by atoms with van der Waals surface area (Å²) in [7, 11) is 1.50. The number of fused-ring (bicyclic) bond motifs is 1. The van der Waals surface area contributed by atoms with Crippen molar-refractivity contribution in [2.45, 2.75) is 45.2 Å². The van der Waals surface area contributed by atoms with Gasteiger partial charge in [-0.2, -0.15) is 0 Å². The fourth-order valence-corrected chi connectivity index (χ4v) is 4.27. The molecule has 2 fully saturated rings. The van der Waals surface area contributed by atoms with Gasteiger partial charge in [0.25, 0.3) is 0 Å². The maximum absolute atomic E-state index is 13.0.